The first kappa shape index (κ1) is 20.6. The molecule has 3 aromatic rings. The van der Waals surface area contributed by atoms with Gasteiger partial charge >= 0.3 is 0 Å². The van der Waals surface area contributed by atoms with Crippen LogP contribution in [0.3, 0.4) is 0 Å². The number of carbonyl (C=O) groups is 1. The monoisotopic (exact) mass is 401 g/mol. The van der Waals surface area contributed by atoms with Crippen molar-refractivity contribution in [1.29, 1.82) is 0 Å². The summed E-state index contributed by atoms with van der Waals surface area (Å²) >= 11 is 0. The predicted molar refractivity (Wildman–Crippen MR) is 115 cm³/mol. The second-order valence-corrected chi connectivity index (χ2v) is 6.37. The maximum Gasteiger partial charge on any atom is 0.281 e. The number of rotatable bonds is 7. The number of non-ortho nitro benzene ring substituents is 1. The molecule has 7 heteroatoms. The van der Waals surface area contributed by atoms with Crippen molar-refractivity contribution in [3.63, 3.8) is 0 Å². The number of nitrogens with zero attached hydrogens (tertiary/aromatic N) is 2. The molecule has 0 fully saturated rings. The van der Waals surface area contributed by atoms with Gasteiger partial charge in [-0.2, -0.15) is 5.10 Å². The Morgan fingerprint density at radius 3 is 2.13 bits per heavy atom. The molecule has 0 heterocycles. The molecule has 0 radical (unpaired) electrons. The van der Waals surface area contributed by atoms with Gasteiger partial charge in [0.25, 0.3) is 11.6 Å². The van der Waals surface area contributed by atoms with Crippen LogP contribution in [0.2, 0.25) is 0 Å². The molecular weight excluding hydrogens is 382 g/mol. The van der Waals surface area contributed by atoms with Gasteiger partial charge in [0.05, 0.1) is 4.92 Å². The molecule has 0 bridgehead atoms. The Hall–Kier alpha value is -4.10. The van der Waals surface area contributed by atoms with Crippen molar-refractivity contribution in [2.45, 2.75) is 5.60 Å². The molecule has 0 aliphatic carbocycles. The van der Waals surface area contributed by atoms with Gasteiger partial charge in [-0.15, -0.1) is 0 Å². The highest BCUT2D eigenvalue weighted by molar-refractivity contribution is 5.91. The van der Waals surface area contributed by atoms with Gasteiger partial charge in [-0.3, -0.25) is 14.9 Å². The van der Waals surface area contributed by atoms with Gasteiger partial charge in [-0.25, -0.2) is 5.43 Å². The summed E-state index contributed by atoms with van der Waals surface area (Å²) < 4.78 is 0. The number of carbonyl (C=O) groups excluding carboxylic acids is 1. The lowest BCUT2D eigenvalue weighted by Crippen LogP contribution is -2.43. The number of hydrogen-bond acceptors (Lipinski definition) is 5. The Morgan fingerprint density at radius 2 is 1.57 bits per heavy atom. The zero-order chi connectivity index (χ0) is 21.4. The van der Waals surface area contributed by atoms with Crippen molar-refractivity contribution in [2.24, 2.45) is 5.10 Å². The highest BCUT2D eigenvalue weighted by Crippen LogP contribution is 2.29. The van der Waals surface area contributed by atoms with E-state index in [1.165, 1.54) is 24.4 Å². The number of nitro groups is 1. The molecule has 1 amide bonds. The molecule has 3 rings (SSSR count). The molecule has 0 aliphatic rings. The smallest absolute Gasteiger partial charge is 0.281 e. The van der Waals surface area contributed by atoms with Gasteiger partial charge in [0.1, 0.15) is 0 Å². The fourth-order valence-electron chi connectivity index (χ4n) is 2.90. The number of hydrazone groups is 1. The molecule has 0 aliphatic heterocycles. The fraction of sp³-hybridized carbons (Fsp3) is 0.0435. The molecule has 7 nitrogen and oxygen atoms in total. The largest absolute Gasteiger partial charge is 0.372 e. The number of hydrogen-bond donors (Lipinski definition) is 2. The number of aliphatic hydroxyl groups is 1. The van der Waals surface area contributed by atoms with Crippen LogP contribution in [-0.2, 0) is 10.4 Å². The minimum atomic E-state index is -1.91. The third-order valence-corrected chi connectivity index (χ3v) is 4.41. The standard InChI is InChI=1S/C23H19N3O4/c27-22(25-24-16-8-10-18-9-7-15-21(17-18)26(29)30)23(28,19-11-3-1-4-12-19)20-13-5-2-6-14-20/h1-17,28H,(H,25,27)/b10-8-,24-16+. The second kappa shape index (κ2) is 9.40. The van der Waals surface area contributed by atoms with Crippen molar-refractivity contribution >= 4 is 23.9 Å². The Labute approximate surface area is 173 Å². The summed E-state index contributed by atoms with van der Waals surface area (Å²) in [7, 11) is 0. The molecule has 0 saturated heterocycles. The van der Waals surface area contributed by atoms with Crippen molar-refractivity contribution in [3.8, 4) is 0 Å². The van der Waals surface area contributed by atoms with E-state index in [4.69, 9.17) is 0 Å². The van der Waals surface area contributed by atoms with E-state index in [9.17, 15) is 20.0 Å². The average Bonchev–Trinajstić information content (AvgIpc) is 2.79. The first-order valence-electron chi connectivity index (χ1n) is 9.10. The first-order valence-corrected chi connectivity index (χ1v) is 9.10. The van der Waals surface area contributed by atoms with Gasteiger partial charge < -0.3 is 5.11 Å². The van der Waals surface area contributed by atoms with Crippen LogP contribution in [0, 0.1) is 10.1 Å². The van der Waals surface area contributed by atoms with Gasteiger partial charge in [-0.05, 0) is 22.8 Å². The minimum absolute atomic E-state index is 0.0156. The number of nitro benzene ring substituents is 1. The molecular formula is C23H19N3O4. The van der Waals surface area contributed by atoms with Gasteiger partial charge in [0, 0.05) is 18.3 Å². The number of nitrogens with one attached hydrogen (secondary N) is 1. The van der Waals surface area contributed by atoms with Crippen molar-refractivity contribution in [3.05, 3.63) is 118 Å². The highest BCUT2D eigenvalue weighted by atomic mass is 16.6. The molecule has 0 unspecified atom stereocenters. The van der Waals surface area contributed by atoms with E-state index in [1.807, 2.05) is 0 Å². The van der Waals surface area contributed by atoms with Crippen molar-refractivity contribution in [1.82, 2.24) is 5.43 Å². The summed E-state index contributed by atoms with van der Waals surface area (Å²) in [5, 5.41) is 25.9. The van der Waals surface area contributed by atoms with Crippen LogP contribution >= 0.6 is 0 Å². The lowest BCUT2D eigenvalue weighted by Gasteiger charge is -2.26. The SMILES string of the molecule is O=C(N/N=C/C=C\c1cccc([N+](=O)[O-])c1)C(O)(c1ccccc1)c1ccccc1. The van der Waals surface area contributed by atoms with Crippen molar-refractivity contribution < 1.29 is 14.8 Å². The van der Waals surface area contributed by atoms with E-state index in [1.54, 1.807) is 78.9 Å². The molecule has 2 N–H and O–H groups in total. The Kier molecular flexibility index (Phi) is 6.46. The van der Waals surface area contributed by atoms with Crippen LogP contribution in [0.5, 0.6) is 0 Å². The Balaban J connectivity index is 1.75. The Bertz CT molecular complexity index is 1040. The summed E-state index contributed by atoms with van der Waals surface area (Å²) in [6, 6.07) is 23.3. The third kappa shape index (κ3) is 4.65. The van der Waals surface area contributed by atoms with Crippen molar-refractivity contribution in [2.75, 3.05) is 0 Å². The minimum Gasteiger partial charge on any atom is -0.372 e. The molecule has 150 valence electrons. The number of benzene rings is 3. The Morgan fingerprint density at radius 1 is 0.967 bits per heavy atom. The summed E-state index contributed by atoms with van der Waals surface area (Å²) in [6.45, 7) is 0. The van der Waals surface area contributed by atoms with Crippen LogP contribution in [-0.4, -0.2) is 22.2 Å². The van der Waals surface area contributed by atoms with Crippen LogP contribution in [0.4, 0.5) is 5.69 Å². The summed E-state index contributed by atoms with van der Waals surface area (Å²) in [5.41, 5.74) is 1.87. The molecule has 0 atom stereocenters. The molecule has 0 aromatic heterocycles. The lowest BCUT2D eigenvalue weighted by atomic mass is 9.85. The van der Waals surface area contributed by atoms with E-state index >= 15 is 0 Å². The van der Waals surface area contributed by atoms with Gasteiger partial charge in [-0.1, -0.05) is 78.9 Å². The summed E-state index contributed by atoms with van der Waals surface area (Å²) in [4.78, 5) is 23.2. The zero-order valence-electron chi connectivity index (χ0n) is 15.9. The lowest BCUT2D eigenvalue weighted by molar-refractivity contribution is -0.384. The highest BCUT2D eigenvalue weighted by Gasteiger charge is 2.39. The fourth-order valence-corrected chi connectivity index (χ4v) is 2.90. The number of allylic oxidation sites excluding steroid dienone is 1. The van der Waals surface area contributed by atoms with E-state index < -0.39 is 16.4 Å². The van der Waals surface area contributed by atoms with E-state index in [0.29, 0.717) is 16.7 Å². The second-order valence-electron chi connectivity index (χ2n) is 6.37. The molecule has 3 aromatic carbocycles. The molecule has 0 saturated carbocycles. The number of amides is 1. The normalized spacial score (nSPS) is 11.6. The van der Waals surface area contributed by atoms with Gasteiger partial charge in [0.15, 0.2) is 5.60 Å². The van der Waals surface area contributed by atoms with Crippen LogP contribution in [0.15, 0.2) is 96.1 Å². The molecule has 30 heavy (non-hydrogen) atoms. The zero-order valence-corrected chi connectivity index (χ0v) is 15.9. The molecule has 0 spiro atoms. The maximum atomic E-state index is 12.8. The summed E-state index contributed by atoms with van der Waals surface area (Å²) in [5.74, 6) is -0.708. The first-order chi connectivity index (χ1) is 14.5. The average molecular weight is 401 g/mol. The van der Waals surface area contributed by atoms with Gasteiger partial charge in [0.2, 0.25) is 0 Å². The third-order valence-electron chi connectivity index (χ3n) is 4.41. The van der Waals surface area contributed by atoms with E-state index in [-0.39, 0.29) is 5.69 Å². The topological polar surface area (TPSA) is 105 Å². The van der Waals surface area contributed by atoms with Crippen LogP contribution < -0.4 is 5.43 Å². The predicted octanol–water partition coefficient (Wildman–Crippen LogP) is 3.65. The quantitative estimate of drug-likeness (QED) is 0.358. The summed E-state index contributed by atoms with van der Waals surface area (Å²) in [6.07, 6.45) is 4.47. The van der Waals surface area contributed by atoms with E-state index in [2.05, 4.69) is 10.5 Å². The van der Waals surface area contributed by atoms with Crippen LogP contribution in [0.1, 0.15) is 16.7 Å². The van der Waals surface area contributed by atoms with E-state index in [0.717, 1.165) is 0 Å². The maximum absolute atomic E-state index is 12.8. The van der Waals surface area contributed by atoms with Crippen LogP contribution in [0.25, 0.3) is 6.08 Å².